The van der Waals surface area contributed by atoms with Gasteiger partial charge in [0.05, 0.1) is 12.3 Å². The summed E-state index contributed by atoms with van der Waals surface area (Å²) in [7, 11) is -3.01. The van der Waals surface area contributed by atoms with E-state index >= 15 is 0 Å². The number of hydrogen-bond donors (Lipinski definition) is 2. The van der Waals surface area contributed by atoms with E-state index in [-0.39, 0.29) is 29.7 Å². The number of guanidine groups is 1. The van der Waals surface area contributed by atoms with Crippen molar-refractivity contribution in [3.63, 3.8) is 0 Å². The van der Waals surface area contributed by atoms with Crippen molar-refractivity contribution in [3.05, 3.63) is 59.7 Å². The molecule has 0 aliphatic heterocycles. The largest absolute Gasteiger partial charge is 0.457 e. The van der Waals surface area contributed by atoms with Gasteiger partial charge in [-0.1, -0.05) is 30.3 Å². The molecular formula is C20H28IN3O3S. The Bertz CT molecular complexity index is 872. The molecule has 0 atom stereocenters. The van der Waals surface area contributed by atoms with Crippen molar-refractivity contribution in [2.45, 2.75) is 20.4 Å². The number of aryl methyl sites for hydroxylation is 1. The number of sulfone groups is 1. The molecular weight excluding hydrogens is 489 g/mol. The van der Waals surface area contributed by atoms with Crippen LogP contribution in [-0.4, -0.2) is 39.5 Å². The summed E-state index contributed by atoms with van der Waals surface area (Å²) in [5, 5.41) is 6.17. The second kappa shape index (κ2) is 11.9. The van der Waals surface area contributed by atoms with Gasteiger partial charge in [-0.25, -0.2) is 13.4 Å². The number of benzene rings is 2. The summed E-state index contributed by atoms with van der Waals surface area (Å²) in [5.74, 6) is 2.17. The number of para-hydroxylation sites is 1. The van der Waals surface area contributed by atoms with E-state index in [1.807, 2.05) is 62.4 Å². The van der Waals surface area contributed by atoms with Gasteiger partial charge in [-0.2, -0.15) is 0 Å². The van der Waals surface area contributed by atoms with Crippen molar-refractivity contribution in [2.24, 2.45) is 4.99 Å². The first-order valence-electron chi connectivity index (χ1n) is 8.89. The maximum Gasteiger partial charge on any atom is 0.191 e. The number of nitrogens with one attached hydrogen (secondary N) is 2. The standard InChI is InChI=1S/C20H27N3O3S.HI/c1-4-21-20(22-12-13-27(3,24)25)23-15-17-11-10-16(2)14-19(17)26-18-8-6-5-7-9-18;/h5-11,14H,4,12-13,15H2,1-3H3,(H2,21,22,23);1H. The first kappa shape index (κ1) is 24.2. The van der Waals surface area contributed by atoms with E-state index in [4.69, 9.17) is 4.74 Å². The lowest BCUT2D eigenvalue weighted by Gasteiger charge is -2.13. The Morgan fingerprint density at radius 1 is 1.11 bits per heavy atom. The minimum atomic E-state index is -3.01. The summed E-state index contributed by atoms with van der Waals surface area (Å²) >= 11 is 0. The van der Waals surface area contributed by atoms with Crippen LogP contribution in [0.1, 0.15) is 18.1 Å². The minimum absolute atomic E-state index is 0. The molecule has 0 unspecified atom stereocenters. The fourth-order valence-corrected chi connectivity index (χ4v) is 2.84. The summed E-state index contributed by atoms with van der Waals surface area (Å²) < 4.78 is 28.6. The Hall–Kier alpha value is -1.81. The van der Waals surface area contributed by atoms with E-state index in [1.165, 1.54) is 6.26 Å². The molecule has 0 fully saturated rings. The number of rotatable bonds is 8. The van der Waals surface area contributed by atoms with E-state index in [2.05, 4.69) is 15.6 Å². The SMILES string of the molecule is CCNC(=NCc1ccc(C)cc1Oc1ccccc1)NCCS(C)(=O)=O.I. The van der Waals surface area contributed by atoms with Crippen molar-refractivity contribution in [2.75, 3.05) is 25.1 Å². The zero-order valence-corrected chi connectivity index (χ0v) is 19.6. The molecule has 0 heterocycles. The second-order valence-electron chi connectivity index (χ2n) is 6.28. The van der Waals surface area contributed by atoms with E-state index < -0.39 is 9.84 Å². The molecule has 0 spiro atoms. The van der Waals surface area contributed by atoms with Crippen molar-refractivity contribution in [1.82, 2.24) is 10.6 Å². The van der Waals surface area contributed by atoms with Crippen molar-refractivity contribution in [3.8, 4) is 11.5 Å². The Morgan fingerprint density at radius 3 is 2.46 bits per heavy atom. The highest BCUT2D eigenvalue weighted by Gasteiger charge is 2.07. The average molecular weight is 517 g/mol. The third-order valence-corrected chi connectivity index (χ3v) is 4.66. The molecule has 2 N–H and O–H groups in total. The number of ether oxygens (including phenoxy) is 1. The van der Waals surface area contributed by atoms with Crippen LogP contribution in [0, 0.1) is 6.92 Å². The highest BCUT2D eigenvalue weighted by Crippen LogP contribution is 2.27. The normalized spacial score (nSPS) is 11.5. The molecule has 8 heteroatoms. The number of hydrogen-bond acceptors (Lipinski definition) is 4. The highest BCUT2D eigenvalue weighted by atomic mass is 127. The molecule has 0 aliphatic rings. The first-order chi connectivity index (χ1) is 12.9. The quantitative estimate of drug-likeness (QED) is 0.319. The zero-order chi connectivity index (χ0) is 19.7. The molecule has 0 aromatic heterocycles. The van der Waals surface area contributed by atoms with Crippen LogP contribution in [0.15, 0.2) is 53.5 Å². The van der Waals surface area contributed by atoms with Gasteiger partial charge in [-0.15, -0.1) is 24.0 Å². The molecule has 2 aromatic rings. The lowest BCUT2D eigenvalue weighted by atomic mass is 10.1. The van der Waals surface area contributed by atoms with Crippen molar-refractivity contribution >= 4 is 39.8 Å². The maximum absolute atomic E-state index is 11.3. The molecule has 28 heavy (non-hydrogen) atoms. The number of halogens is 1. The Balaban J connectivity index is 0.00000392. The fourth-order valence-electron chi connectivity index (χ4n) is 2.36. The van der Waals surface area contributed by atoms with E-state index in [0.717, 1.165) is 22.6 Å². The van der Waals surface area contributed by atoms with Crippen molar-refractivity contribution in [1.29, 1.82) is 0 Å². The number of aliphatic imine (C=N–C) groups is 1. The molecule has 0 amide bonds. The van der Waals surface area contributed by atoms with E-state index in [9.17, 15) is 8.42 Å². The molecule has 2 rings (SSSR count). The van der Waals surface area contributed by atoms with Gasteiger partial charge in [0, 0.05) is 24.9 Å². The minimum Gasteiger partial charge on any atom is -0.457 e. The van der Waals surface area contributed by atoms with Crippen LogP contribution in [0.3, 0.4) is 0 Å². The van der Waals surface area contributed by atoms with Crippen LogP contribution in [0.25, 0.3) is 0 Å². The van der Waals surface area contributed by atoms with Crippen LogP contribution in [-0.2, 0) is 16.4 Å². The summed E-state index contributed by atoms with van der Waals surface area (Å²) in [6.07, 6.45) is 1.22. The molecule has 0 saturated heterocycles. The first-order valence-corrected chi connectivity index (χ1v) is 11.0. The van der Waals surface area contributed by atoms with Gasteiger partial charge in [-0.3, -0.25) is 0 Å². The monoisotopic (exact) mass is 517 g/mol. The Kier molecular flexibility index (Phi) is 10.3. The number of nitrogens with zero attached hydrogens (tertiary/aromatic N) is 1. The summed E-state index contributed by atoms with van der Waals surface area (Å²) in [5.41, 5.74) is 2.05. The predicted octanol–water partition coefficient (Wildman–Crippen LogP) is 3.51. The van der Waals surface area contributed by atoms with Gasteiger partial charge in [0.2, 0.25) is 0 Å². The molecule has 0 radical (unpaired) electrons. The smallest absolute Gasteiger partial charge is 0.191 e. The van der Waals surface area contributed by atoms with Gasteiger partial charge < -0.3 is 15.4 Å². The molecule has 2 aromatic carbocycles. The van der Waals surface area contributed by atoms with Crippen LogP contribution < -0.4 is 15.4 Å². The average Bonchev–Trinajstić information content (AvgIpc) is 2.61. The maximum atomic E-state index is 11.3. The zero-order valence-electron chi connectivity index (χ0n) is 16.4. The predicted molar refractivity (Wildman–Crippen MR) is 126 cm³/mol. The van der Waals surface area contributed by atoms with Crippen molar-refractivity contribution < 1.29 is 13.2 Å². The van der Waals surface area contributed by atoms with Gasteiger partial charge in [0.1, 0.15) is 21.3 Å². The van der Waals surface area contributed by atoms with E-state index in [0.29, 0.717) is 25.6 Å². The molecule has 0 saturated carbocycles. The van der Waals surface area contributed by atoms with Gasteiger partial charge >= 0.3 is 0 Å². The summed E-state index contributed by atoms with van der Waals surface area (Å²) in [4.78, 5) is 4.55. The van der Waals surface area contributed by atoms with Gasteiger partial charge in [0.15, 0.2) is 5.96 Å². The lowest BCUT2D eigenvalue weighted by molar-refractivity contribution is 0.476. The summed E-state index contributed by atoms with van der Waals surface area (Å²) in [6, 6.07) is 15.6. The second-order valence-corrected chi connectivity index (χ2v) is 8.54. The van der Waals surface area contributed by atoms with Crippen LogP contribution in [0.2, 0.25) is 0 Å². The molecule has 0 bridgehead atoms. The Morgan fingerprint density at radius 2 is 1.82 bits per heavy atom. The third kappa shape index (κ3) is 8.92. The van der Waals surface area contributed by atoms with Crippen LogP contribution in [0.5, 0.6) is 11.5 Å². The van der Waals surface area contributed by atoms with Gasteiger partial charge in [-0.05, 0) is 37.6 Å². The third-order valence-electron chi connectivity index (χ3n) is 3.71. The molecule has 6 nitrogen and oxygen atoms in total. The van der Waals surface area contributed by atoms with Crippen LogP contribution in [0.4, 0.5) is 0 Å². The van der Waals surface area contributed by atoms with E-state index in [1.54, 1.807) is 0 Å². The topological polar surface area (TPSA) is 79.8 Å². The van der Waals surface area contributed by atoms with Gasteiger partial charge in [0.25, 0.3) is 0 Å². The summed E-state index contributed by atoms with van der Waals surface area (Å²) in [6.45, 7) is 5.39. The molecule has 154 valence electrons. The highest BCUT2D eigenvalue weighted by molar-refractivity contribution is 14.0. The Labute approximate surface area is 184 Å². The van der Waals surface area contributed by atoms with Crippen LogP contribution >= 0.6 is 24.0 Å². The fraction of sp³-hybridized carbons (Fsp3) is 0.350. The molecule has 0 aliphatic carbocycles. The lowest BCUT2D eigenvalue weighted by Crippen LogP contribution is -2.39.